The van der Waals surface area contributed by atoms with Gasteiger partial charge in [0.1, 0.15) is 28.2 Å². The van der Waals surface area contributed by atoms with Crippen LogP contribution in [-0.2, 0) is 11.3 Å². The molecular weight excluding hydrogens is 417 g/mol. The third-order valence-corrected chi connectivity index (χ3v) is 5.52. The zero-order valence-electron chi connectivity index (χ0n) is 16.7. The zero-order chi connectivity index (χ0) is 21.6. The molecule has 158 valence electrons. The zero-order valence-corrected chi connectivity index (χ0v) is 17.5. The number of carbonyl (C=O) groups is 1. The second-order valence-corrected chi connectivity index (χ2v) is 7.61. The largest absolute Gasteiger partial charge is 0.497 e. The molecule has 0 radical (unpaired) electrons. The summed E-state index contributed by atoms with van der Waals surface area (Å²) in [6.45, 7) is 0.328. The molecule has 4 rings (SSSR count). The average Bonchev–Trinajstić information content (AvgIpc) is 3.47. The van der Waals surface area contributed by atoms with Gasteiger partial charge in [-0.25, -0.2) is 9.37 Å². The number of carbonyl (C=O) groups excluding carboxylic acids is 1. The lowest BCUT2D eigenvalue weighted by atomic mass is 10.2. The SMILES string of the molecule is COc1ccc(-c2nc(SCC(=O)NCc3ccco3)c(-c3ccc(F)cc3)[nH]2)cc1. The van der Waals surface area contributed by atoms with Gasteiger partial charge in [-0.05, 0) is 60.7 Å². The number of hydrogen-bond donors (Lipinski definition) is 2. The van der Waals surface area contributed by atoms with Crippen molar-refractivity contribution >= 4 is 17.7 Å². The number of hydrogen-bond acceptors (Lipinski definition) is 5. The summed E-state index contributed by atoms with van der Waals surface area (Å²) in [4.78, 5) is 20.3. The van der Waals surface area contributed by atoms with Gasteiger partial charge in [-0.2, -0.15) is 0 Å². The Morgan fingerprint density at radius 2 is 1.87 bits per heavy atom. The van der Waals surface area contributed by atoms with Crippen molar-refractivity contribution < 1.29 is 18.3 Å². The number of halogens is 1. The number of imidazole rings is 1. The molecule has 1 amide bonds. The maximum absolute atomic E-state index is 13.4. The molecule has 0 fully saturated rings. The number of thioether (sulfide) groups is 1. The topological polar surface area (TPSA) is 80.2 Å². The molecule has 0 spiro atoms. The highest BCUT2D eigenvalue weighted by Crippen LogP contribution is 2.33. The molecule has 4 aromatic rings. The highest BCUT2D eigenvalue weighted by Gasteiger charge is 2.16. The number of furan rings is 1. The highest BCUT2D eigenvalue weighted by molar-refractivity contribution is 8.00. The van der Waals surface area contributed by atoms with Gasteiger partial charge in [-0.3, -0.25) is 4.79 Å². The Labute approximate surface area is 182 Å². The van der Waals surface area contributed by atoms with E-state index in [1.54, 1.807) is 37.6 Å². The molecule has 0 atom stereocenters. The highest BCUT2D eigenvalue weighted by atomic mass is 32.2. The van der Waals surface area contributed by atoms with Crippen LogP contribution < -0.4 is 10.1 Å². The van der Waals surface area contributed by atoms with Crippen molar-refractivity contribution in [1.29, 1.82) is 0 Å². The smallest absolute Gasteiger partial charge is 0.230 e. The lowest BCUT2D eigenvalue weighted by molar-refractivity contribution is -0.118. The van der Waals surface area contributed by atoms with Crippen LogP contribution in [0.1, 0.15) is 5.76 Å². The van der Waals surface area contributed by atoms with E-state index in [4.69, 9.17) is 14.1 Å². The van der Waals surface area contributed by atoms with Gasteiger partial charge in [0.2, 0.25) is 5.91 Å². The van der Waals surface area contributed by atoms with Crippen LogP contribution in [0, 0.1) is 5.82 Å². The van der Waals surface area contributed by atoms with Gasteiger partial charge in [0, 0.05) is 11.1 Å². The minimum atomic E-state index is -0.315. The summed E-state index contributed by atoms with van der Waals surface area (Å²) in [7, 11) is 1.61. The second-order valence-electron chi connectivity index (χ2n) is 6.65. The maximum Gasteiger partial charge on any atom is 0.230 e. The van der Waals surface area contributed by atoms with E-state index < -0.39 is 0 Å². The van der Waals surface area contributed by atoms with Crippen molar-refractivity contribution in [1.82, 2.24) is 15.3 Å². The Morgan fingerprint density at radius 3 is 2.55 bits per heavy atom. The predicted molar refractivity (Wildman–Crippen MR) is 117 cm³/mol. The molecule has 0 aliphatic carbocycles. The van der Waals surface area contributed by atoms with E-state index >= 15 is 0 Å². The van der Waals surface area contributed by atoms with E-state index in [1.165, 1.54) is 23.9 Å². The fourth-order valence-corrected chi connectivity index (χ4v) is 3.78. The third-order valence-electron chi connectivity index (χ3n) is 4.55. The van der Waals surface area contributed by atoms with Gasteiger partial charge in [0.25, 0.3) is 0 Å². The number of H-pyrrole nitrogens is 1. The van der Waals surface area contributed by atoms with Crippen molar-refractivity contribution in [2.45, 2.75) is 11.6 Å². The molecule has 31 heavy (non-hydrogen) atoms. The van der Waals surface area contributed by atoms with Gasteiger partial charge < -0.3 is 19.5 Å². The summed E-state index contributed by atoms with van der Waals surface area (Å²) in [6.07, 6.45) is 1.57. The number of amides is 1. The monoisotopic (exact) mass is 437 g/mol. The summed E-state index contributed by atoms with van der Waals surface area (Å²) in [5.41, 5.74) is 2.39. The van der Waals surface area contributed by atoms with Crippen LogP contribution in [0.15, 0.2) is 76.4 Å². The van der Waals surface area contributed by atoms with E-state index in [9.17, 15) is 9.18 Å². The first kappa shape index (κ1) is 20.7. The molecule has 0 saturated carbocycles. The Kier molecular flexibility index (Phi) is 6.37. The number of benzene rings is 2. The second kappa shape index (κ2) is 9.53. The standard InChI is InChI=1S/C23H20FN3O3S/c1-29-18-10-6-16(7-11-18)22-26-21(15-4-8-17(24)9-5-15)23(27-22)31-14-20(28)25-13-19-3-2-12-30-19/h2-12H,13-14H2,1H3,(H,25,28)(H,26,27). The van der Waals surface area contributed by atoms with Crippen LogP contribution >= 0.6 is 11.8 Å². The molecule has 2 heterocycles. The van der Waals surface area contributed by atoms with Crippen LogP contribution in [0.4, 0.5) is 4.39 Å². The molecule has 0 aliphatic heterocycles. The van der Waals surface area contributed by atoms with Crippen molar-refractivity contribution in [2.75, 3.05) is 12.9 Å². The van der Waals surface area contributed by atoms with Crippen molar-refractivity contribution in [3.63, 3.8) is 0 Å². The summed E-state index contributed by atoms with van der Waals surface area (Å²) in [5.74, 6) is 1.82. The third kappa shape index (κ3) is 5.16. The van der Waals surface area contributed by atoms with E-state index in [0.29, 0.717) is 23.2 Å². The molecule has 0 bridgehead atoms. The molecule has 0 saturated heterocycles. The number of methoxy groups -OCH3 is 1. The summed E-state index contributed by atoms with van der Waals surface area (Å²) >= 11 is 1.31. The summed E-state index contributed by atoms with van der Waals surface area (Å²) in [5, 5.41) is 3.48. The Hall–Kier alpha value is -3.52. The van der Waals surface area contributed by atoms with Crippen molar-refractivity contribution in [2.24, 2.45) is 0 Å². The number of ether oxygens (including phenoxy) is 1. The Morgan fingerprint density at radius 1 is 1.13 bits per heavy atom. The number of nitrogens with one attached hydrogen (secondary N) is 2. The van der Waals surface area contributed by atoms with Crippen molar-refractivity contribution in [3.05, 3.63) is 78.5 Å². The number of aromatic nitrogens is 2. The fourth-order valence-electron chi connectivity index (χ4n) is 2.94. The fraction of sp³-hybridized carbons (Fsp3) is 0.130. The van der Waals surface area contributed by atoms with Crippen LogP contribution in [0.25, 0.3) is 22.6 Å². The number of nitrogens with zero attached hydrogens (tertiary/aromatic N) is 1. The van der Waals surface area contributed by atoms with Gasteiger partial charge >= 0.3 is 0 Å². The Bertz CT molecular complexity index is 1140. The Balaban J connectivity index is 1.54. The molecule has 8 heteroatoms. The van der Waals surface area contributed by atoms with E-state index in [0.717, 1.165) is 22.6 Å². The lowest BCUT2D eigenvalue weighted by Gasteiger charge is -2.04. The minimum Gasteiger partial charge on any atom is -0.497 e. The first-order valence-electron chi connectivity index (χ1n) is 9.54. The predicted octanol–water partition coefficient (Wildman–Crippen LogP) is 4.89. The van der Waals surface area contributed by atoms with Gasteiger partial charge in [0.05, 0.1) is 31.4 Å². The molecular formula is C23H20FN3O3S. The van der Waals surface area contributed by atoms with Crippen LogP contribution in [0.3, 0.4) is 0 Å². The summed E-state index contributed by atoms with van der Waals surface area (Å²) in [6, 6.07) is 17.2. The number of rotatable bonds is 8. The van der Waals surface area contributed by atoms with Gasteiger partial charge in [-0.15, -0.1) is 0 Å². The maximum atomic E-state index is 13.4. The van der Waals surface area contributed by atoms with Crippen LogP contribution in [0.2, 0.25) is 0 Å². The normalized spacial score (nSPS) is 10.8. The van der Waals surface area contributed by atoms with Gasteiger partial charge in [0.15, 0.2) is 0 Å². The van der Waals surface area contributed by atoms with E-state index in [1.807, 2.05) is 24.3 Å². The summed E-state index contributed by atoms with van der Waals surface area (Å²) < 4.78 is 23.8. The van der Waals surface area contributed by atoms with Crippen molar-refractivity contribution in [3.8, 4) is 28.4 Å². The molecule has 0 unspecified atom stereocenters. The molecule has 2 N–H and O–H groups in total. The van der Waals surface area contributed by atoms with E-state index in [2.05, 4.69) is 10.3 Å². The molecule has 2 aromatic heterocycles. The number of aromatic amines is 1. The van der Waals surface area contributed by atoms with Crippen LogP contribution in [0.5, 0.6) is 5.75 Å². The average molecular weight is 437 g/mol. The minimum absolute atomic E-state index is 0.138. The first-order valence-corrected chi connectivity index (χ1v) is 10.5. The quantitative estimate of drug-likeness (QED) is 0.384. The molecule has 6 nitrogen and oxygen atoms in total. The van der Waals surface area contributed by atoms with E-state index in [-0.39, 0.29) is 17.5 Å². The molecule has 2 aromatic carbocycles. The first-order chi connectivity index (χ1) is 15.1. The van der Waals surface area contributed by atoms with Gasteiger partial charge in [-0.1, -0.05) is 11.8 Å². The van der Waals surface area contributed by atoms with Crippen LogP contribution in [-0.4, -0.2) is 28.7 Å². The molecule has 0 aliphatic rings. The lowest BCUT2D eigenvalue weighted by Crippen LogP contribution is -2.24.